The van der Waals surface area contributed by atoms with Crippen molar-refractivity contribution in [3.8, 4) is 0 Å². The summed E-state index contributed by atoms with van der Waals surface area (Å²) in [4.78, 5) is 13.4. The molecule has 12 atom stereocenters. The summed E-state index contributed by atoms with van der Waals surface area (Å²) in [6, 6.07) is -0.920. The Morgan fingerprint density at radius 2 is 0.711 bits per heavy atom. The minimum Gasteiger partial charge on any atom is -0.394 e. The summed E-state index contributed by atoms with van der Waals surface area (Å²) in [5, 5.41) is 87.7. The summed E-state index contributed by atoms with van der Waals surface area (Å²) >= 11 is 0. The molecule has 0 aliphatic carbocycles. The molecule has 2 saturated heterocycles. The number of allylic oxidation sites excluding steroid dienone is 11. The van der Waals surface area contributed by atoms with E-state index in [0.29, 0.717) is 6.42 Å². The van der Waals surface area contributed by atoms with Crippen molar-refractivity contribution in [3.05, 3.63) is 72.9 Å². The van der Waals surface area contributed by atoms with Crippen molar-refractivity contribution in [3.63, 3.8) is 0 Å². The molecule has 2 heterocycles. The van der Waals surface area contributed by atoms with Gasteiger partial charge in [0.05, 0.1) is 32.0 Å². The number of unbranched alkanes of at least 4 members (excludes halogenated alkanes) is 45. The Morgan fingerprint density at radius 3 is 1.09 bits per heavy atom. The van der Waals surface area contributed by atoms with Crippen molar-refractivity contribution in [2.45, 2.75) is 428 Å². The number of carbonyl (C=O) groups excluding carboxylic acids is 1. The fourth-order valence-electron chi connectivity index (χ4n) is 13.3. The van der Waals surface area contributed by atoms with Gasteiger partial charge >= 0.3 is 0 Å². The predicted molar refractivity (Wildman–Crippen MR) is 401 cm³/mol. The van der Waals surface area contributed by atoms with Crippen LogP contribution in [-0.2, 0) is 23.7 Å². The van der Waals surface area contributed by atoms with Gasteiger partial charge in [-0.1, -0.05) is 356 Å². The number of amides is 1. The second-order valence-corrected chi connectivity index (χ2v) is 28.5. The number of nitrogens with one attached hydrogen (secondary N) is 1. The van der Waals surface area contributed by atoms with Crippen LogP contribution in [0, 0.1) is 0 Å². The summed E-state index contributed by atoms with van der Waals surface area (Å²) in [5.74, 6) is -0.236. The van der Waals surface area contributed by atoms with E-state index in [9.17, 15) is 45.6 Å². The van der Waals surface area contributed by atoms with Crippen molar-refractivity contribution >= 4 is 5.91 Å². The van der Waals surface area contributed by atoms with E-state index in [1.165, 1.54) is 257 Å². The van der Waals surface area contributed by atoms with Crippen LogP contribution >= 0.6 is 0 Å². The molecular weight excluding hydrogens is 1220 g/mol. The molecule has 2 fully saturated rings. The molecule has 14 heteroatoms. The van der Waals surface area contributed by atoms with E-state index in [2.05, 4.69) is 79.9 Å². The highest BCUT2D eigenvalue weighted by Gasteiger charge is 2.51. The maximum absolute atomic E-state index is 13.4. The number of rotatable bonds is 68. The first-order valence-electron chi connectivity index (χ1n) is 40.7. The Kier molecular flexibility index (Phi) is 62.2. The van der Waals surface area contributed by atoms with E-state index in [1.54, 1.807) is 6.08 Å². The summed E-state index contributed by atoms with van der Waals surface area (Å²) in [5.41, 5.74) is 0. The smallest absolute Gasteiger partial charge is 0.220 e. The van der Waals surface area contributed by atoms with Crippen LogP contribution in [-0.4, -0.2) is 140 Å². The molecule has 0 aromatic carbocycles. The van der Waals surface area contributed by atoms with Crippen LogP contribution in [0.15, 0.2) is 72.9 Å². The number of ether oxygens (including phenoxy) is 4. The third-order valence-corrected chi connectivity index (χ3v) is 19.6. The molecule has 0 spiro atoms. The lowest BCUT2D eigenvalue weighted by atomic mass is 9.97. The maximum Gasteiger partial charge on any atom is 0.220 e. The van der Waals surface area contributed by atoms with Gasteiger partial charge in [-0.2, -0.15) is 0 Å². The highest BCUT2D eigenvalue weighted by molar-refractivity contribution is 5.76. The number of hydrogen-bond acceptors (Lipinski definition) is 13. The van der Waals surface area contributed by atoms with Gasteiger partial charge in [0.1, 0.15) is 48.8 Å². The van der Waals surface area contributed by atoms with Gasteiger partial charge in [0, 0.05) is 6.42 Å². The number of aliphatic hydroxyl groups excluding tert-OH is 8. The third-order valence-electron chi connectivity index (χ3n) is 19.6. The average Bonchev–Trinajstić information content (AvgIpc) is 0.794. The minimum absolute atomic E-state index is 0.236. The Labute approximate surface area is 593 Å². The van der Waals surface area contributed by atoms with Gasteiger partial charge in [-0.15, -0.1) is 0 Å². The molecule has 1 amide bonds. The van der Waals surface area contributed by atoms with E-state index in [0.717, 1.165) is 70.6 Å². The van der Waals surface area contributed by atoms with Gasteiger partial charge in [-0.25, -0.2) is 0 Å². The molecule has 0 saturated carbocycles. The maximum atomic E-state index is 13.4. The number of hydrogen-bond donors (Lipinski definition) is 9. The van der Waals surface area contributed by atoms with Crippen LogP contribution in [0.3, 0.4) is 0 Å². The SMILES string of the molecule is CC/C=C\C/C=C\C/C=C\C/C=C\C/C=C\CCCCCCCCCCCCCCCCCC(=O)NC(COC1OC(CO)C(OC2OC(CO)C(O)C(O)C2O)C(O)C1O)C(O)/C=C/CCCCCCCCCCCCCCCCCCCCCCCCCCCCCCCC. The molecule has 0 radical (unpaired) electrons. The lowest BCUT2D eigenvalue weighted by Crippen LogP contribution is -2.65. The molecule has 0 aromatic heterocycles. The molecule has 9 N–H and O–H groups in total. The zero-order chi connectivity index (χ0) is 70.1. The van der Waals surface area contributed by atoms with Gasteiger partial charge in [-0.3, -0.25) is 4.79 Å². The van der Waals surface area contributed by atoms with Crippen molar-refractivity contribution in [1.29, 1.82) is 0 Å². The third kappa shape index (κ3) is 49.6. The molecule has 0 aromatic rings. The van der Waals surface area contributed by atoms with Gasteiger partial charge in [0.25, 0.3) is 0 Å². The second kappa shape index (κ2) is 66.7. The Balaban J connectivity index is 1.62. The van der Waals surface area contributed by atoms with Crippen molar-refractivity contribution < 1.29 is 64.6 Å². The quantitative estimate of drug-likeness (QED) is 0.0204. The highest BCUT2D eigenvalue weighted by atomic mass is 16.7. The summed E-state index contributed by atoms with van der Waals surface area (Å²) in [6.45, 7) is 2.74. The van der Waals surface area contributed by atoms with E-state index < -0.39 is 86.8 Å². The summed E-state index contributed by atoms with van der Waals surface area (Å²) in [6.07, 6.45) is 75.5. The van der Waals surface area contributed by atoms with Gasteiger partial charge < -0.3 is 65.1 Å². The minimum atomic E-state index is -1.79. The Morgan fingerprint density at radius 1 is 0.381 bits per heavy atom. The standard InChI is InChI=1S/C83H151NO13/c1-3-5-7-9-11-13-15-17-19-21-23-25-27-29-31-33-35-37-38-40-42-44-46-48-50-52-54-56-58-60-62-64-66-72(87)71(70-94-82-80(93)78(91)81(74(69-86)96-82)97-83-79(92)77(90)76(89)73(68-85)95-83)84-75(88)67-65-63-61-59-57-55-53-51-49-47-45-43-41-39-36-34-32-30-28-26-24-22-20-18-16-14-12-10-8-6-4-2/h6,8,12,14,18,20,24,26,30,32,64,66,71-74,76-83,85-87,89-93H,3-5,7,9-11,13,15-17,19,21-23,25,27-29,31,33-63,65,67-70H2,1-2H3,(H,84,88)/b8-6-,14-12-,20-18-,26-24-,32-30-,66-64+. The number of carbonyl (C=O) groups is 1. The Bertz CT molecular complexity index is 1910. The van der Waals surface area contributed by atoms with Gasteiger partial charge in [0.2, 0.25) is 5.91 Å². The highest BCUT2D eigenvalue weighted by Crippen LogP contribution is 2.30. The predicted octanol–water partition coefficient (Wildman–Crippen LogP) is 18.5. The van der Waals surface area contributed by atoms with E-state index in [4.69, 9.17) is 18.9 Å². The first kappa shape index (κ1) is 90.5. The largest absolute Gasteiger partial charge is 0.394 e. The van der Waals surface area contributed by atoms with Crippen LogP contribution in [0.5, 0.6) is 0 Å². The number of aliphatic hydroxyl groups is 8. The van der Waals surface area contributed by atoms with Crippen LogP contribution in [0.25, 0.3) is 0 Å². The van der Waals surface area contributed by atoms with E-state index in [-0.39, 0.29) is 18.9 Å². The first-order chi connectivity index (χ1) is 47.6. The van der Waals surface area contributed by atoms with Crippen molar-refractivity contribution in [2.24, 2.45) is 0 Å². The van der Waals surface area contributed by atoms with Crippen molar-refractivity contribution in [1.82, 2.24) is 5.32 Å². The lowest BCUT2D eigenvalue weighted by Gasteiger charge is -2.46. The zero-order valence-corrected chi connectivity index (χ0v) is 62.1. The zero-order valence-electron chi connectivity index (χ0n) is 62.1. The molecular formula is C83H151NO13. The van der Waals surface area contributed by atoms with Gasteiger partial charge in [0.15, 0.2) is 12.6 Å². The van der Waals surface area contributed by atoms with E-state index >= 15 is 0 Å². The molecule has 566 valence electrons. The fraction of sp³-hybridized carbons (Fsp3) is 0.843. The topological polar surface area (TPSA) is 228 Å². The van der Waals surface area contributed by atoms with E-state index in [1.807, 2.05) is 6.08 Å². The van der Waals surface area contributed by atoms with Crippen LogP contribution < -0.4 is 5.32 Å². The molecule has 2 rings (SSSR count). The molecule has 2 aliphatic rings. The monoisotopic (exact) mass is 1370 g/mol. The van der Waals surface area contributed by atoms with Crippen molar-refractivity contribution in [2.75, 3.05) is 19.8 Å². The molecule has 97 heavy (non-hydrogen) atoms. The molecule has 2 aliphatic heterocycles. The molecule has 14 nitrogen and oxygen atoms in total. The van der Waals surface area contributed by atoms with Gasteiger partial charge in [-0.05, 0) is 64.2 Å². The first-order valence-corrected chi connectivity index (χ1v) is 40.7. The fourth-order valence-corrected chi connectivity index (χ4v) is 13.3. The Hall–Kier alpha value is -2.57. The average molecular weight is 1370 g/mol. The summed E-state index contributed by atoms with van der Waals surface area (Å²) < 4.78 is 22.9. The normalized spacial score (nSPS) is 22.5. The van der Waals surface area contributed by atoms with Crippen LogP contribution in [0.1, 0.15) is 354 Å². The van der Waals surface area contributed by atoms with Crippen LogP contribution in [0.2, 0.25) is 0 Å². The lowest BCUT2D eigenvalue weighted by molar-refractivity contribution is -0.359. The molecule has 0 bridgehead atoms. The second-order valence-electron chi connectivity index (χ2n) is 28.5. The molecule has 12 unspecified atom stereocenters. The summed E-state index contributed by atoms with van der Waals surface area (Å²) in [7, 11) is 0. The van der Waals surface area contributed by atoms with Crippen LogP contribution in [0.4, 0.5) is 0 Å².